The van der Waals surface area contributed by atoms with Crippen LogP contribution in [0.25, 0.3) is 0 Å². The van der Waals surface area contributed by atoms with E-state index in [1.165, 1.54) is 25.1 Å². The van der Waals surface area contributed by atoms with Gasteiger partial charge in [-0.2, -0.15) is 0 Å². The Hall–Kier alpha value is -3.95. The fraction of sp³-hybridized carbons (Fsp3) is 0.250. The SMILES string of the molecule is COc1ccc(Cl)c(CNc2ncnc3c2CNN3Cc2ccc(Cc3cccc(N(C)C)n3)cc2)c1F. The molecule has 0 aliphatic carbocycles. The van der Waals surface area contributed by atoms with Gasteiger partial charge in [0.25, 0.3) is 0 Å². The normalized spacial score (nSPS) is 12.4. The molecule has 0 fully saturated rings. The Kier molecular flexibility index (Phi) is 7.57. The molecule has 4 aromatic rings. The second-order valence-electron chi connectivity index (χ2n) is 9.22. The highest BCUT2D eigenvalue weighted by atomic mass is 35.5. The first-order chi connectivity index (χ1) is 18.4. The van der Waals surface area contributed by atoms with Crippen LogP contribution in [0.15, 0.2) is 60.9 Å². The number of fused-ring (bicyclic) bond motifs is 1. The van der Waals surface area contributed by atoms with Crippen LogP contribution >= 0.6 is 11.6 Å². The predicted molar refractivity (Wildman–Crippen MR) is 148 cm³/mol. The summed E-state index contributed by atoms with van der Waals surface area (Å²) in [5, 5.41) is 5.54. The molecule has 0 saturated heterocycles. The molecule has 0 spiro atoms. The number of aromatic nitrogens is 3. The van der Waals surface area contributed by atoms with Crippen LogP contribution in [0.4, 0.5) is 21.8 Å². The molecule has 2 aromatic heterocycles. The Morgan fingerprint density at radius 3 is 2.63 bits per heavy atom. The van der Waals surface area contributed by atoms with E-state index in [2.05, 4.69) is 45.0 Å². The van der Waals surface area contributed by atoms with E-state index in [4.69, 9.17) is 21.3 Å². The molecule has 0 unspecified atom stereocenters. The molecule has 1 aliphatic rings. The van der Waals surface area contributed by atoms with Crippen LogP contribution in [0, 0.1) is 5.82 Å². The first-order valence-electron chi connectivity index (χ1n) is 12.2. The number of hydrazine groups is 1. The second-order valence-corrected chi connectivity index (χ2v) is 9.62. The fourth-order valence-electron chi connectivity index (χ4n) is 4.37. The maximum Gasteiger partial charge on any atom is 0.171 e. The number of hydrogen-bond acceptors (Lipinski definition) is 8. The molecular formula is C28H29ClFN7O. The van der Waals surface area contributed by atoms with Crippen LogP contribution in [0.3, 0.4) is 0 Å². The van der Waals surface area contributed by atoms with Gasteiger partial charge in [0.05, 0.1) is 19.2 Å². The standard InChI is InChI=1S/C28H29ClFN7O/c1-36(2)25-6-4-5-20(35-25)13-18-7-9-19(10-8-18)16-37-28-22(15-34-37)27(32-17-33-28)31-14-21-23(29)11-12-24(38-3)26(21)30/h4-12,17,34H,13-16H2,1-3H3,(H,31,32,33). The highest BCUT2D eigenvalue weighted by molar-refractivity contribution is 6.31. The van der Waals surface area contributed by atoms with E-state index < -0.39 is 5.82 Å². The number of rotatable bonds is 9. The molecule has 0 bridgehead atoms. The van der Waals surface area contributed by atoms with E-state index >= 15 is 0 Å². The van der Waals surface area contributed by atoms with Gasteiger partial charge in [-0.25, -0.2) is 24.8 Å². The first-order valence-corrected chi connectivity index (χ1v) is 12.6. The third-order valence-corrected chi connectivity index (χ3v) is 6.78. The van der Waals surface area contributed by atoms with Gasteiger partial charge in [-0.05, 0) is 35.4 Å². The van der Waals surface area contributed by atoms with Crippen LogP contribution in [0.1, 0.15) is 27.9 Å². The van der Waals surface area contributed by atoms with E-state index in [1.807, 2.05) is 42.2 Å². The average molecular weight is 534 g/mol. The highest BCUT2D eigenvalue weighted by Crippen LogP contribution is 2.31. The van der Waals surface area contributed by atoms with Gasteiger partial charge in [-0.3, -0.25) is 5.01 Å². The lowest BCUT2D eigenvalue weighted by molar-refractivity contribution is 0.384. The van der Waals surface area contributed by atoms with Crippen molar-refractivity contribution in [2.24, 2.45) is 0 Å². The summed E-state index contributed by atoms with van der Waals surface area (Å²) in [4.78, 5) is 15.6. The van der Waals surface area contributed by atoms with Crippen molar-refractivity contribution >= 4 is 29.1 Å². The molecule has 3 heterocycles. The molecule has 0 saturated carbocycles. The van der Waals surface area contributed by atoms with E-state index in [1.54, 1.807) is 6.07 Å². The number of nitrogens with one attached hydrogen (secondary N) is 2. The van der Waals surface area contributed by atoms with Crippen molar-refractivity contribution in [1.82, 2.24) is 20.4 Å². The molecular weight excluding hydrogens is 505 g/mol. The Bertz CT molecular complexity index is 1430. The highest BCUT2D eigenvalue weighted by Gasteiger charge is 2.24. The molecule has 2 N–H and O–H groups in total. The number of nitrogens with zero attached hydrogens (tertiary/aromatic N) is 5. The van der Waals surface area contributed by atoms with Crippen molar-refractivity contribution in [2.75, 3.05) is 36.4 Å². The number of pyridine rings is 1. The van der Waals surface area contributed by atoms with E-state index in [9.17, 15) is 4.39 Å². The van der Waals surface area contributed by atoms with Gasteiger partial charge in [0.2, 0.25) is 0 Å². The summed E-state index contributed by atoms with van der Waals surface area (Å²) in [6, 6.07) is 17.7. The fourth-order valence-corrected chi connectivity index (χ4v) is 4.58. The van der Waals surface area contributed by atoms with Crippen LogP contribution < -0.4 is 25.4 Å². The Morgan fingerprint density at radius 1 is 1.08 bits per heavy atom. The van der Waals surface area contributed by atoms with Crippen molar-refractivity contribution in [1.29, 1.82) is 0 Å². The third kappa shape index (κ3) is 5.49. The lowest BCUT2D eigenvalue weighted by Crippen LogP contribution is -2.31. The van der Waals surface area contributed by atoms with Crippen molar-refractivity contribution < 1.29 is 9.13 Å². The minimum atomic E-state index is -0.484. The van der Waals surface area contributed by atoms with Crippen molar-refractivity contribution in [3.8, 4) is 5.75 Å². The van der Waals surface area contributed by atoms with Crippen molar-refractivity contribution in [3.05, 3.63) is 99.7 Å². The zero-order valence-electron chi connectivity index (χ0n) is 21.5. The molecule has 0 amide bonds. The van der Waals surface area contributed by atoms with Crippen molar-refractivity contribution in [3.63, 3.8) is 0 Å². The van der Waals surface area contributed by atoms with Crippen LogP contribution in [-0.4, -0.2) is 36.2 Å². The summed E-state index contributed by atoms with van der Waals surface area (Å²) in [5.74, 6) is 2.03. The van der Waals surface area contributed by atoms with Gasteiger partial charge < -0.3 is 15.0 Å². The lowest BCUT2D eigenvalue weighted by atomic mass is 10.1. The topological polar surface area (TPSA) is 78.4 Å². The Balaban J connectivity index is 1.25. The van der Waals surface area contributed by atoms with Gasteiger partial charge in [-0.1, -0.05) is 41.9 Å². The smallest absolute Gasteiger partial charge is 0.171 e. The molecule has 196 valence electrons. The largest absolute Gasteiger partial charge is 0.494 e. The lowest BCUT2D eigenvalue weighted by Gasteiger charge is -2.18. The molecule has 0 atom stereocenters. The first kappa shape index (κ1) is 25.7. The summed E-state index contributed by atoms with van der Waals surface area (Å²) in [7, 11) is 5.41. The summed E-state index contributed by atoms with van der Waals surface area (Å²) in [6.07, 6.45) is 2.27. The number of benzene rings is 2. The molecule has 2 aromatic carbocycles. The predicted octanol–water partition coefficient (Wildman–Crippen LogP) is 4.97. The van der Waals surface area contributed by atoms with Gasteiger partial charge >= 0.3 is 0 Å². The minimum Gasteiger partial charge on any atom is -0.494 e. The zero-order valence-corrected chi connectivity index (χ0v) is 22.3. The monoisotopic (exact) mass is 533 g/mol. The van der Waals surface area contributed by atoms with E-state index in [0.717, 1.165) is 34.9 Å². The van der Waals surface area contributed by atoms with E-state index in [-0.39, 0.29) is 12.3 Å². The maximum atomic E-state index is 14.7. The molecule has 8 nitrogen and oxygen atoms in total. The van der Waals surface area contributed by atoms with E-state index in [0.29, 0.717) is 29.5 Å². The van der Waals surface area contributed by atoms with Gasteiger partial charge in [0, 0.05) is 49.9 Å². The molecule has 5 rings (SSSR count). The summed E-state index contributed by atoms with van der Waals surface area (Å²) in [6.45, 7) is 1.35. The molecule has 10 heteroatoms. The quantitative estimate of drug-likeness (QED) is 0.312. The molecule has 0 radical (unpaired) electrons. The summed E-state index contributed by atoms with van der Waals surface area (Å²) >= 11 is 6.24. The summed E-state index contributed by atoms with van der Waals surface area (Å²) < 4.78 is 19.8. The Morgan fingerprint density at radius 2 is 1.87 bits per heavy atom. The third-order valence-electron chi connectivity index (χ3n) is 6.43. The zero-order chi connectivity index (χ0) is 26.6. The average Bonchev–Trinajstić information content (AvgIpc) is 3.33. The minimum absolute atomic E-state index is 0.149. The maximum absolute atomic E-state index is 14.7. The summed E-state index contributed by atoms with van der Waals surface area (Å²) in [5.41, 5.74) is 7.99. The van der Waals surface area contributed by atoms with Crippen LogP contribution in [-0.2, 0) is 26.1 Å². The van der Waals surface area contributed by atoms with Crippen LogP contribution in [0.5, 0.6) is 5.75 Å². The molecule has 38 heavy (non-hydrogen) atoms. The van der Waals surface area contributed by atoms with Gasteiger partial charge in [0.15, 0.2) is 17.4 Å². The molecule has 1 aliphatic heterocycles. The van der Waals surface area contributed by atoms with Gasteiger partial charge in [-0.15, -0.1) is 0 Å². The second kappa shape index (κ2) is 11.2. The van der Waals surface area contributed by atoms with Crippen molar-refractivity contribution in [2.45, 2.75) is 26.1 Å². The number of halogens is 2. The van der Waals surface area contributed by atoms with Crippen LogP contribution in [0.2, 0.25) is 5.02 Å². The number of hydrogen-bond donors (Lipinski definition) is 2. The Labute approximate surface area is 226 Å². The number of methoxy groups -OCH3 is 1. The van der Waals surface area contributed by atoms with Gasteiger partial charge in [0.1, 0.15) is 18.0 Å². The number of ether oxygens (including phenoxy) is 1. The number of anilines is 3.